The van der Waals surface area contributed by atoms with Crippen LogP contribution in [-0.2, 0) is 0 Å². The Morgan fingerprint density at radius 2 is 1.70 bits per heavy atom. The van der Waals surface area contributed by atoms with E-state index in [1.165, 1.54) is 25.7 Å². The standard InChI is InChI=1S/C8H13NS/c10-5-9-8(6-1-2-6)7-3-4-7/h5-8H,1-4H2,(H,9,10). The molecule has 0 radical (unpaired) electrons. The summed E-state index contributed by atoms with van der Waals surface area (Å²) in [5.41, 5.74) is 1.70. The van der Waals surface area contributed by atoms with Gasteiger partial charge in [0.2, 0.25) is 0 Å². The summed E-state index contributed by atoms with van der Waals surface area (Å²) in [4.78, 5) is 0. The van der Waals surface area contributed by atoms with E-state index in [1.807, 2.05) is 0 Å². The highest BCUT2D eigenvalue weighted by Gasteiger charge is 2.40. The fourth-order valence-electron chi connectivity index (χ4n) is 1.65. The predicted molar refractivity (Wildman–Crippen MR) is 46.0 cm³/mol. The molecular weight excluding hydrogens is 142 g/mol. The summed E-state index contributed by atoms with van der Waals surface area (Å²) < 4.78 is 0. The maximum Gasteiger partial charge on any atom is 0.0617 e. The molecule has 0 atom stereocenters. The van der Waals surface area contributed by atoms with Crippen molar-refractivity contribution in [3.63, 3.8) is 0 Å². The molecule has 0 amide bonds. The highest BCUT2D eigenvalue weighted by molar-refractivity contribution is 7.78. The Morgan fingerprint density at radius 3 is 2.00 bits per heavy atom. The molecule has 2 heteroatoms. The number of rotatable bonds is 4. The van der Waals surface area contributed by atoms with Crippen LogP contribution in [0.3, 0.4) is 0 Å². The summed E-state index contributed by atoms with van der Waals surface area (Å²) in [5, 5.41) is 3.30. The highest BCUT2D eigenvalue weighted by Crippen LogP contribution is 2.44. The average molecular weight is 155 g/mol. The maximum atomic E-state index is 4.79. The van der Waals surface area contributed by atoms with Crippen LogP contribution in [0.15, 0.2) is 0 Å². The predicted octanol–water partition coefficient (Wildman–Crippen LogP) is 1.72. The third kappa shape index (κ3) is 1.31. The van der Waals surface area contributed by atoms with Gasteiger partial charge in [0.05, 0.1) is 5.49 Å². The Balaban J connectivity index is 1.85. The minimum Gasteiger partial charge on any atom is -0.379 e. The van der Waals surface area contributed by atoms with Gasteiger partial charge in [-0.3, -0.25) is 0 Å². The summed E-state index contributed by atoms with van der Waals surface area (Å²) in [7, 11) is 0. The van der Waals surface area contributed by atoms with E-state index < -0.39 is 0 Å². The molecule has 10 heavy (non-hydrogen) atoms. The number of nitrogens with one attached hydrogen (secondary N) is 1. The molecule has 56 valence electrons. The Labute approximate surface area is 67.2 Å². The quantitative estimate of drug-likeness (QED) is 0.620. The zero-order valence-corrected chi connectivity index (χ0v) is 6.86. The van der Waals surface area contributed by atoms with Crippen molar-refractivity contribution in [2.75, 3.05) is 0 Å². The van der Waals surface area contributed by atoms with E-state index in [0.717, 1.165) is 17.9 Å². The molecule has 0 heterocycles. The molecule has 2 aliphatic rings. The van der Waals surface area contributed by atoms with Crippen LogP contribution in [0.4, 0.5) is 0 Å². The zero-order chi connectivity index (χ0) is 6.97. The summed E-state index contributed by atoms with van der Waals surface area (Å²) in [6.45, 7) is 0. The lowest BCUT2D eigenvalue weighted by atomic mass is 10.1. The van der Waals surface area contributed by atoms with Crippen molar-refractivity contribution >= 4 is 17.7 Å². The number of thiocarbonyl (C=S) groups is 1. The molecule has 0 aromatic heterocycles. The first kappa shape index (κ1) is 6.59. The molecule has 2 fully saturated rings. The van der Waals surface area contributed by atoms with Gasteiger partial charge in [0.25, 0.3) is 0 Å². The Bertz CT molecular complexity index is 126. The fraction of sp³-hybridized carbons (Fsp3) is 0.875. The SMILES string of the molecule is S=CNC(C1CC1)C1CC1. The summed E-state index contributed by atoms with van der Waals surface area (Å²) >= 11 is 4.79. The lowest BCUT2D eigenvalue weighted by molar-refractivity contribution is 0.488. The highest BCUT2D eigenvalue weighted by atomic mass is 32.1. The van der Waals surface area contributed by atoms with Gasteiger partial charge < -0.3 is 5.32 Å². The smallest absolute Gasteiger partial charge is 0.0617 e. The lowest BCUT2D eigenvalue weighted by Crippen LogP contribution is -2.31. The van der Waals surface area contributed by atoms with E-state index in [4.69, 9.17) is 12.2 Å². The Morgan fingerprint density at radius 1 is 1.20 bits per heavy atom. The van der Waals surface area contributed by atoms with Gasteiger partial charge in [-0.2, -0.15) is 0 Å². The normalized spacial score (nSPS) is 24.9. The first-order valence-corrected chi connectivity index (χ1v) is 4.58. The molecule has 0 aromatic rings. The minimum absolute atomic E-state index is 0.748. The van der Waals surface area contributed by atoms with Crippen LogP contribution in [-0.4, -0.2) is 11.5 Å². The minimum atomic E-state index is 0.748. The molecule has 0 aliphatic heterocycles. The molecule has 2 rings (SSSR count). The molecule has 1 N–H and O–H groups in total. The van der Waals surface area contributed by atoms with E-state index in [-0.39, 0.29) is 0 Å². The van der Waals surface area contributed by atoms with Crippen LogP contribution in [0.5, 0.6) is 0 Å². The number of hydrogen-bond acceptors (Lipinski definition) is 1. The van der Waals surface area contributed by atoms with Gasteiger partial charge in [0.1, 0.15) is 0 Å². The van der Waals surface area contributed by atoms with Gasteiger partial charge in [0, 0.05) is 6.04 Å². The van der Waals surface area contributed by atoms with Crippen molar-refractivity contribution < 1.29 is 0 Å². The van der Waals surface area contributed by atoms with Crippen molar-refractivity contribution in [2.45, 2.75) is 31.7 Å². The second-order valence-electron chi connectivity index (χ2n) is 3.49. The monoisotopic (exact) mass is 155 g/mol. The second kappa shape index (κ2) is 2.50. The van der Waals surface area contributed by atoms with Crippen LogP contribution in [0.2, 0.25) is 0 Å². The molecular formula is C8H13NS. The van der Waals surface area contributed by atoms with Crippen molar-refractivity contribution in [3.05, 3.63) is 0 Å². The molecule has 2 saturated carbocycles. The third-order valence-electron chi connectivity index (χ3n) is 2.52. The molecule has 0 saturated heterocycles. The molecule has 0 bridgehead atoms. The molecule has 0 aromatic carbocycles. The van der Waals surface area contributed by atoms with E-state index in [2.05, 4.69) is 5.32 Å². The van der Waals surface area contributed by atoms with Crippen molar-refractivity contribution in [2.24, 2.45) is 11.8 Å². The summed E-state index contributed by atoms with van der Waals surface area (Å²) in [5.74, 6) is 1.93. The molecule has 0 unspecified atom stereocenters. The van der Waals surface area contributed by atoms with E-state index >= 15 is 0 Å². The Hall–Kier alpha value is -0.110. The molecule has 2 aliphatic carbocycles. The largest absolute Gasteiger partial charge is 0.379 e. The van der Waals surface area contributed by atoms with Gasteiger partial charge in [-0.05, 0) is 37.5 Å². The van der Waals surface area contributed by atoms with Crippen molar-refractivity contribution in [3.8, 4) is 0 Å². The van der Waals surface area contributed by atoms with E-state index in [1.54, 1.807) is 5.49 Å². The van der Waals surface area contributed by atoms with Crippen LogP contribution >= 0.6 is 12.2 Å². The summed E-state index contributed by atoms with van der Waals surface area (Å²) in [6.07, 6.45) is 5.71. The van der Waals surface area contributed by atoms with E-state index in [0.29, 0.717) is 0 Å². The zero-order valence-electron chi connectivity index (χ0n) is 6.05. The van der Waals surface area contributed by atoms with Crippen LogP contribution in [0.25, 0.3) is 0 Å². The number of hydrogen-bond donors (Lipinski definition) is 1. The third-order valence-corrected chi connectivity index (χ3v) is 2.66. The van der Waals surface area contributed by atoms with Gasteiger partial charge in [-0.15, -0.1) is 0 Å². The van der Waals surface area contributed by atoms with Gasteiger partial charge in [0.15, 0.2) is 0 Å². The topological polar surface area (TPSA) is 12.0 Å². The second-order valence-corrected chi connectivity index (χ2v) is 3.72. The van der Waals surface area contributed by atoms with E-state index in [9.17, 15) is 0 Å². The van der Waals surface area contributed by atoms with Crippen molar-refractivity contribution in [1.29, 1.82) is 0 Å². The van der Waals surface area contributed by atoms with Crippen LogP contribution in [0.1, 0.15) is 25.7 Å². The molecule has 0 spiro atoms. The first-order valence-electron chi connectivity index (χ1n) is 4.11. The lowest BCUT2D eigenvalue weighted by Gasteiger charge is -2.13. The van der Waals surface area contributed by atoms with Crippen LogP contribution in [0, 0.1) is 11.8 Å². The summed E-state index contributed by atoms with van der Waals surface area (Å²) in [6, 6.07) is 0.748. The Kier molecular flexibility index (Phi) is 1.65. The molecule has 1 nitrogen and oxygen atoms in total. The fourth-order valence-corrected chi connectivity index (χ4v) is 1.80. The van der Waals surface area contributed by atoms with Crippen LogP contribution < -0.4 is 5.32 Å². The van der Waals surface area contributed by atoms with Gasteiger partial charge in [-0.1, -0.05) is 12.2 Å². The average Bonchev–Trinajstić information content (AvgIpc) is 2.77. The van der Waals surface area contributed by atoms with Crippen molar-refractivity contribution in [1.82, 2.24) is 5.32 Å². The van der Waals surface area contributed by atoms with Gasteiger partial charge >= 0.3 is 0 Å². The first-order chi connectivity index (χ1) is 4.92. The maximum absolute atomic E-state index is 4.79. The van der Waals surface area contributed by atoms with Gasteiger partial charge in [-0.25, -0.2) is 0 Å².